The van der Waals surface area contributed by atoms with Crippen LogP contribution in [0.1, 0.15) is 43.5 Å². The SMILES string of the molecule is CCN(CC)c1ccc(C(=O)NNC(=O)C2CCC2)cc1. The zero-order valence-corrected chi connectivity index (χ0v) is 12.7. The Labute approximate surface area is 125 Å². The van der Waals surface area contributed by atoms with Crippen molar-refractivity contribution in [1.82, 2.24) is 10.9 Å². The van der Waals surface area contributed by atoms with Crippen LogP contribution in [0.5, 0.6) is 0 Å². The average Bonchev–Trinajstić information content (AvgIpc) is 2.45. The Morgan fingerprint density at radius 1 is 1.10 bits per heavy atom. The van der Waals surface area contributed by atoms with Gasteiger partial charge in [0.1, 0.15) is 0 Å². The van der Waals surface area contributed by atoms with Crippen molar-refractivity contribution in [3.63, 3.8) is 0 Å². The summed E-state index contributed by atoms with van der Waals surface area (Å²) in [6.45, 7) is 6.05. The third-order valence-corrected chi connectivity index (χ3v) is 4.03. The molecule has 114 valence electrons. The lowest BCUT2D eigenvalue weighted by molar-refractivity contribution is -0.128. The Morgan fingerprint density at radius 3 is 2.19 bits per heavy atom. The smallest absolute Gasteiger partial charge is 0.269 e. The van der Waals surface area contributed by atoms with Crippen molar-refractivity contribution in [3.8, 4) is 0 Å². The number of nitrogens with zero attached hydrogens (tertiary/aromatic N) is 1. The fourth-order valence-electron chi connectivity index (χ4n) is 2.38. The predicted octanol–water partition coefficient (Wildman–Crippen LogP) is 2.09. The van der Waals surface area contributed by atoms with E-state index in [1.807, 2.05) is 12.1 Å². The van der Waals surface area contributed by atoms with Crippen LogP contribution in [0.2, 0.25) is 0 Å². The van der Waals surface area contributed by atoms with Gasteiger partial charge in [-0.1, -0.05) is 6.42 Å². The molecule has 5 heteroatoms. The van der Waals surface area contributed by atoms with Gasteiger partial charge in [0.15, 0.2) is 0 Å². The number of rotatable bonds is 5. The summed E-state index contributed by atoms with van der Waals surface area (Å²) in [5.74, 6) is -0.307. The van der Waals surface area contributed by atoms with E-state index in [4.69, 9.17) is 0 Å². The largest absolute Gasteiger partial charge is 0.372 e. The number of carbonyl (C=O) groups excluding carboxylic acids is 2. The van der Waals surface area contributed by atoms with Gasteiger partial charge in [-0.05, 0) is 51.0 Å². The van der Waals surface area contributed by atoms with Crippen LogP contribution in [0.15, 0.2) is 24.3 Å². The molecule has 0 aliphatic heterocycles. The van der Waals surface area contributed by atoms with Gasteiger partial charge in [0.2, 0.25) is 5.91 Å². The number of hydrogen-bond acceptors (Lipinski definition) is 3. The summed E-state index contributed by atoms with van der Waals surface area (Å²) >= 11 is 0. The van der Waals surface area contributed by atoms with Crippen LogP contribution in [0.3, 0.4) is 0 Å². The second kappa shape index (κ2) is 7.11. The molecule has 1 aliphatic rings. The molecule has 2 amide bonds. The van der Waals surface area contributed by atoms with Crippen LogP contribution in [-0.4, -0.2) is 24.9 Å². The lowest BCUT2D eigenvalue weighted by Crippen LogP contribution is -2.46. The number of anilines is 1. The van der Waals surface area contributed by atoms with Gasteiger partial charge in [-0.25, -0.2) is 0 Å². The molecule has 1 aliphatic carbocycles. The fourth-order valence-corrected chi connectivity index (χ4v) is 2.38. The molecule has 0 spiro atoms. The van der Waals surface area contributed by atoms with Gasteiger partial charge in [-0.2, -0.15) is 0 Å². The van der Waals surface area contributed by atoms with Crippen molar-refractivity contribution >= 4 is 17.5 Å². The Hall–Kier alpha value is -2.04. The minimum Gasteiger partial charge on any atom is -0.372 e. The monoisotopic (exact) mass is 289 g/mol. The second-order valence-corrected chi connectivity index (χ2v) is 5.29. The molecule has 0 radical (unpaired) electrons. The van der Waals surface area contributed by atoms with Crippen LogP contribution in [0.25, 0.3) is 0 Å². The first-order valence-electron chi connectivity index (χ1n) is 7.61. The Bertz CT molecular complexity index is 491. The van der Waals surface area contributed by atoms with E-state index >= 15 is 0 Å². The Balaban J connectivity index is 1.88. The van der Waals surface area contributed by atoms with Gasteiger partial charge in [-0.3, -0.25) is 20.4 Å². The first kappa shape index (κ1) is 15.4. The molecule has 1 aromatic carbocycles. The Kier molecular flexibility index (Phi) is 5.20. The maximum absolute atomic E-state index is 12.0. The minimum atomic E-state index is -0.284. The third kappa shape index (κ3) is 3.74. The molecule has 0 aromatic heterocycles. The molecule has 0 saturated heterocycles. The summed E-state index contributed by atoms with van der Waals surface area (Å²) in [6, 6.07) is 7.41. The summed E-state index contributed by atoms with van der Waals surface area (Å²) < 4.78 is 0. The maximum Gasteiger partial charge on any atom is 0.269 e. The van der Waals surface area contributed by atoms with E-state index in [1.165, 1.54) is 0 Å². The number of hydrazine groups is 1. The second-order valence-electron chi connectivity index (χ2n) is 5.29. The highest BCUT2D eigenvalue weighted by Gasteiger charge is 2.25. The zero-order chi connectivity index (χ0) is 15.2. The lowest BCUT2D eigenvalue weighted by atomic mass is 9.85. The highest BCUT2D eigenvalue weighted by Crippen LogP contribution is 2.25. The number of hydrogen-bond donors (Lipinski definition) is 2. The number of carbonyl (C=O) groups is 2. The van der Waals surface area contributed by atoms with Gasteiger partial charge >= 0.3 is 0 Å². The van der Waals surface area contributed by atoms with Gasteiger partial charge in [0.05, 0.1) is 0 Å². The van der Waals surface area contributed by atoms with Gasteiger partial charge < -0.3 is 4.90 Å². The summed E-state index contributed by atoms with van der Waals surface area (Å²) in [5.41, 5.74) is 6.60. The highest BCUT2D eigenvalue weighted by atomic mass is 16.2. The predicted molar refractivity (Wildman–Crippen MR) is 83.0 cm³/mol. The molecule has 21 heavy (non-hydrogen) atoms. The van der Waals surface area contributed by atoms with E-state index in [0.717, 1.165) is 38.0 Å². The zero-order valence-electron chi connectivity index (χ0n) is 12.7. The Morgan fingerprint density at radius 2 is 1.71 bits per heavy atom. The average molecular weight is 289 g/mol. The minimum absolute atomic E-state index is 0.0651. The van der Waals surface area contributed by atoms with E-state index in [0.29, 0.717) is 5.56 Å². The van der Waals surface area contributed by atoms with Crippen LogP contribution < -0.4 is 15.8 Å². The van der Waals surface area contributed by atoms with Crippen molar-refractivity contribution in [2.24, 2.45) is 5.92 Å². The number of nitrogens with one attached hydrogen (secondary N) is 2. The highest BCUT2D eigenvalue weighted by molar-refractivity contribution is 5.95. The molecule has 1 aromatic rings. The molecule has 0 bridgehead atoms. The maximum atomic E-state index is 12.0. The van der Waals surface area contributed by atoms with Gasteiger partial charge in [0, 0.05) is 30.3 Å². The fraction of sp³-hybridized carbons (Fsp3) is 0.500. The van der Waals surface area contributed by atoms with Crippen molar-refractivity contribution in [3.05, 3.63) is 29.8 Å². The molecule has 2 rings (SSSR count). The van der Waals surface area contributed by atoms with Crippen molar-refractivity contribution in [1.29, 1.82) is 0 Å². The molecule has 5 nitrogen and oxygen atoms in total. The standard InChI is InChI=1S/C16H23N3O2/c1-3-19(4-2)14-10-8-13(9-11-14)16(21)18-17-15(20)12-6-5-7-12/h8-12H,3-7H2,1-2H3,(H,17,20)(H,18,21). The van der Waals surface area contributed by atoms with E-state index in [-0.39, 0.29) is 17.7 Å². The first-order valence-corrected chi connectivity index (χ1v) is 7.61. The first-order chi connectivity index (χ1) is 10.2. The molecule has 1 saturated carbocycles. The van der Waals surface area contributed by atoms with Crippen molar-refractivity contribution in [2.75, 3.05) is 18.0 Å². The molecular formula is C16H23N3O2. The molecule has 0 heterocycles. The van der Waals surface area contributed by atoms with Crippen LogP contribution >= 0.6 is 0 Å². The number of amides is 2. The van der Waals surface area contributed by atoms with Crippen LogP contribution in [-0.2, 0) is 4.79 Å². The summed E-state index contributed by atoms with van der Waals surface area (Å²) in [6.07, 6.45) is 2.93. The quantitative estimate of drug-likeness (QED) is 0.816. The van der Waals surface area contributed by atoms with E-state index < -0.39 is 0 Å². The summed E-state index contributed by atoms with van der Waals surface area (Å²) in [5, 5.41) is 0. The molecule has 0 unspecified atom stereocenters. The normalized spacial score (nSPS) is 14.2. The summed E-state index contributed by atoms with van der Waals surface area (Å²) in [7, 11) is 0. The molecule has 1 fully saturated rings. The van der Waals surface area contributed by atoms with Gasteiger partial charge in [0.25, 0.3) is 5.91 Å². The van der Waals surface area contributed by atoms with Gasteiger partial charge in [-0.15, -0.1) is 0 Å². The van der Waals surface area contributed by atoms with E-state index in [2.05, 4.69) is 29.6 Å². The van der Waals surface area contributed by atoms with Crippen molar-refractivity contribution < 1.29 is 9.59 Å². The molecule has 2 N–H and O–H groups in total. The van der Waals surface area contributed by atoms with Crippen LogP contribution in [0.4, 0.5) is 5.69 Å². The molecular weight excluding hydrogens is 266 g/mol. The van der Waals surface area contributed by atoms with E-state index in [1.54, 1.807) is 12.1 Å². The third-order valence-electron chi connectivity index (χ3n) is 4.03. The van der Waals surface area contributed by atoms with Crippen molar-refractivity contribution in [2.45, 2.75) is 33.1 Å². The number of benzene rings is 1. The summed E-state index contributed by atoms with van der Waals surface area (Å²) in [4.78, 5) is 25.8. The van der Waals surface area contributed by atoms with E-state index in [9.17, 15) is 9.59 Å². The molecule has 0 atom stereocenters. The topological polar surface area (TPSA) is 61.4 Å². The van der Waals surface area contributed by atoms with Crippen LogP contribution in [0, 0.1) is 5.92 Å². The lowest BCUT2D eigenvalue weighted by Gasteiger charge is -2.24.